The van der Waals surface area contributed by atoms with Gasteiger partial charge in [0.25, 0.3) is 23.6 Å². The second-order valence-corrected chi connectivity index (χ2v) is 16.6. The fourth-order valence-corrected chi connectivity index (χ4v) is 7.14. The molecule has 3 atom stereocenters. The molecule has 5 aromatic rings. The standard InChI is InChI=1S/C46H41Cl5N8O8/c1-23(49)35-20-32(52-45(64)41(24(2)60)58-56-33-16-28(14-30(50)18-33)43(62)54-37-12-26(21-47)6-10-39(37)66-4)8-9-36(35)53-46(65)42(25(3)61)59-57-34-17-29(15-31(51)19-34)44(63)55-38-13-27(22-48)7-11-40(38)67-5/h6-20,23,41-42H,21-22H2,1-5H3,(H,52,64)(H,53,65)(H,54,62)(H,55,63). The van der Waals surface area contributed by atoms with Crippen LogP contribution in [0.1, 0.15) is 63.6 Å². The Labute approximate surface area is 409 Å². The number of halogens is 5. The van der Waals surface area contributed by atoms with Gasteiger partial charge in [0.1, 0.15) is 11.5 Å². The normalized spacial score (nSPS) is 12.5. The molecule has 0 radical (unpaired) electrons. The number of nitrogens with zero attached hydrogens (tertiary/aromatic N) is 4. The van der Waals surface area contributed by atoms with Crippen LogP contribution in [0.25, 0.3) is 0 Å². The molecule has 0 aliphatic heterocycles. The highest BCUT2D eigenvalue weighted by Gasteiger charge is 2.27. The van der Waals surface area contributed by atoms with E-state index in [1.54, 1.807) is 43.3 Å². The topological polar surface area (TPSA) is 218 Å². The van der Waals surface area contributed by atoms with Gasteiger partial charge in [0.05, 0.1) is 42.3 Å². The predicted octanol–water partition coefficient (Wildman–Crippen LogP) is 11.7. The molecule has 0 aliphatic rings. The Morgan fingerprint density at radius 2 is 1.01 bits per heavy atom. The van der Waals surface area contributed by atoms with Gasteiger partial charge in [-0.15, -0.1) is 34.8 Å². The van der Waals surface area contributed by atoms with E-state index in [0.29, 0.717) is 28.4 Å². The summed E-state index contributed by atoms with van der Waals surface area (Å²) in [6.07, 6.45) is 0. The van der Waals surface area contributed by atoms with Gasteiger partial charge in [-0.1, -0.05) is 35.3 Å². The second-order valence-electron chi connectivity index (χ2n) is 14.5. The second kappa shape index (κ2) is 23.8. The number of Topliss-reactive ketones (excluding diaryl/α,β-unsaturated/α-hetero) is 2. The molecule has 0 saturated carbocycles. The molecule has 0 heterocycles. The first kappa shape index (κ1) is 51.6. The monoisotopic (exact) mass is 1010 g/mol. The number of hydrogen-bond acceptors (Lipinski definition) is 12. The number of nitrogens with one attached hydrogen (secondary N) is 4. The lowest BCUT2D eigenvalue weighted by molar-refractivity contribution is -0.127. The minimum Gasteiger partial charge on any atom is -0.495 e. The average molecular weight is 1010 g/mol. The number of ketones is 2. The summed E-state index contributed by atoms with van der Waals surface area (Å²) in [4.78, 5) is 78.8. The van der Waals surface area contributed by atoms with E-state index in [1.165, 1.54) is 68.8 Å². The minimum atomic E-state index is -1.64. The zero-order valence-corrected chi connectivity index (χ0v) is 40.0. The lowest BCUT2D eigenvalue weighted by Crippen LogP contribution is -2.32. The molecule has 3 unspecified atom stereocenters. The van der Waals surface area contributed by atoms with Crippen LogP contribution in [0.5, 0.6) is 11.5 Å². The third-order valence-electron chi connectivity index (χ3n) is 9.47. The van der Waals surface area contributed by atoms with E-state index < -0.39 is 52.7 Å². The molecular weight excluding hydrogens is 970 g/mol. The van der Waals surface area contributed by atoms with Gasteiger partial charge in [0, 0.05) is 44.3 Å². The van der Waals surface area contributed by atoms with Crippen LogP contribution in [-0.2, 0) is 30.9 Å². The van der Waals surface area contributed by atoms with Crippen LogP contribution in [0.4, 0.5) is 34.1 Å². The van der Waals surface area contributed by atoms with Crippen molar-refractivity contribution in [2.45, 2.75) is 50.0 Å². The van der Waals surface area contributed by atoms with Crippen LogP contribution in [0.15, 0.2) is 111 Å². The molecule has 5 aromatic carbocycles. The SMILES string of the molecule is COc1ccc(CCl)cc1NC(=O)c1cc(Cl)cc(N=NC(C(C)=O)C(=O)Nc2ccc(NC(=O)C(N=Nc3cc(Cl)cc(C(=O)Nc4cc(CCl)ccc4OC)c3)C(C)=O)c(C(C)Cl)c2)c1. The zero-order chi connectivity index (χ0) is 48.9. The van der Waals surface area contributed by atoms with Crippen molar-refractivity contribution in [2.24, 2.45) is 20.5 Å². The van der Waals surface area contributed by atoms with Gasteiger partial charge in [0.15, 0.2) is 11.6 Å². The van der Waals surface area contributed by atoms with Crippen molar-refractivity contribution in [1.82, 2.24) is 0 Å². The summed E-state index contributed by atoms with van der Waals surface area (Å²) in [6.45, 7) is 3.91. The molecule has 348 valence electrons. The summed E-state index contributed by atoms with van der Waals surface area (Å²) in [5, 5.41) is 26.3. The third kappa shape index (κ3) is 14.0. The molecule has 4 amide bonds. The molecule has 4 N–H and O–H groups in total. The number of carbonyl (C=O) groups excluding carboxylic acids is 6. The van der Waals surface area contributed by atoms with Crippen molar-refractivity contribution in [1.29, 1.82) is 0 Å². The quantitative estimate of drug-likeness (QED) is 0.0353. The fraction of sp³-hybridized carbons (Fsp3) is 0.217. The lowest BCUT2D eigenvalue weighted by Gasteiger charge is -2.17. The van der Waals surface area contributed by atoms with E-state index in [-0.39, 0.29) is 55.7 Å². The number of hydrogen-bond donors (Lipinski definition) is 4. The highest BCUT2D eigenvalue weighted by molar-refractivity contribution is 6.32. The molecule has 0 saturated heterocycles. The van der Waals surface area contributed by atoms with Gasteiger partial charge in [0.2, 0.25) is 12.1 Å². The number of azo groups is 2. The van der Waals surface area contributed by atoms with Crippen LogP contribution in [0.3, 0.4) is 0 Å². The number of alkyl halides is 3. The average Bonchev–Trinajstić information content (AvgIpc) is 3.28. The Hall–Kier alpha value is -6.43. The van der Waals surface area contributed by atoms with Crippen molar-refractivity contribution in [3.8, 4) is 11.5 Å². The summed E-state index contributed by atoms with van der Waals surface area (Å²) < 4.78 is 10.7. The van der Waals surface area contributed by atoms with Gasteiger partial charge < -0.3 is 30.7 Å². The number of benzene rings is 5. The molecule has 67 heavy (non-hydrogen) atoms. The molecule has 0 fully saturated rings. The Morgan fingerprint density at radius 1 is 0.567 bits per heavy atom. The predicted molar refractivity (Wildman–Crippen MR) is 260 cm³/mol. The van der Waals surface area contributed by atoms with Gasteiger partial charge in [-0.25, -0.2) is 0 Å². The zero-order valence-electron chi connectivity index (χ0n) is 36.3. The van der Waals surface area contributed by atoms with Crippen LogP contribution in [0, 0.1) is 0 Å². The Morgan fingerprint density at radius 3 is 1.42 bits per heavy atom. The van der Waals surface area contributed by atoms with Gasteiger partial charge in [-0.2, -0.15) is 20.5 Å². The van der Waals surface area contributed by atoms with E-state index in [2.05, 4.69) is 41.7 Å². The van der Waals surface area contributed by atoms with Crippen molar-refractivity contribution in [2.75, 3.05) is 35.5 Å². The van der Waals surface area contributed by atoms with E-state index in [4.69, 9.17) is 67.5 Å². The van der Waals surface area contributed by atoms with Crippen LogP contribution in [-0.4, -0.2) is 61.5 Å². The van der Waals surface area contributed by atoms with Crippen molar-refractivity contribution < 1.29 is 38.2 Å². The maximum Gasteiger partial charge on any atom is 0.258 e. The fourth-order valence-electron chi connectivity index (χ4n) is 6.17. The number of methoxy groups -OCH3 is 2. The highest BCUT2D eigenvalue weighted by atomic mass is 35.5. The molecule has 5 rings (SSSR count). The molecular formula is C46H41Cl5N8O8. The van der Waals surface area contributed by atoms with Crippen LogP contribution in [0.2, 0.25) is 10.0 Å². The number of rotatable bonds is 19. The van der Waals surface area contributed by atoms with Gasteiger partial charge >= 0.3 is 0 Å². The van der Waals surface area contributed by atoms with E-state index >= 15 is 0 Å². The first-order valence-electron chi connectivity index (χ1n) is 19.8. The number of ether oxygens (including phenoxy) is 2. The Balaban J connectivity index is 1.29. The first-order chi connectivity index (χ1) is 31.9. The minimum absolute atomic E-state index is 0.0726. The summed E-state index contributed by atoms with van der Waals surface area (Å²) >= 11 is 31.1. The molecule has 0 spiro atoms. The summed E-state index contributed by atoms with van der Waals surface area (Å²) in [5.41, 5.74) is 3.24. The number of amides is 4. The lowest BCUT2D eigenvalue weighted by atomic mass is 10.1. The maximum absolute atomic E-state index is 13.5. The van der Waals surface area contributed by atoms with Gasteiger partial charge in [-0.05, 0) is 116 Å². The Kier molecular flexibility index (Phi) is 18.3. The highest BCUT2D eigenvalue weighted by Crippen LogP contribution is 2.33. The van der Waals surface area contributed by atoms with E-state index in [1.807, 2.05) is 0 Å². The van der Waals surface area contributed by atoms with Crippen LogP contribution >= 0.6 is 58.0 Å². The van der Waals surface area contributed by atoms with Gasteiger partial charge in [-0.3, -0.25) is 28.8 Å². The maximum atomic E-state index is 13.5. The first-order valence-corrected chi connectivity index (χ1v) is 22.1. The largest absolute Gasteiger partial charge is 0.495 e. The molecule has 0 aliphatic carbocycles. The van der Waals surface area contributed by atoms with Crippen molar-refractivity contribution in [3.63, 3.8) is 0 Å². The number of carbonyl (C=O) groups is 6. The molecule has 16 nitrogen and oxygen atoms in total. The number of anilines is 4. The molecule has 0 aromatic heterocycles. The van der Waals surface area contributed by atoms with E-state index in [9.17, 15) is 28.8 Å². The molecule has 0 bridgehead atoms. The van der Waals surface area contributed by atoms with Crippen LogP contribution < -0.4 is 30.7 Å². The summed E-state index contributed by atoms with van der Waals surface area (Å²) in [6, 6.07) is 19.5. The van der Waals surface area contributed by atoms with E-state index in [0.717, 1.165) is 25.0 Å². The third-order valence-corrected chi connectivity index (χ3v) is 10.8. The van der Waals surface area contributed by atoms with Crippen molar-refractivity contribution in [3.05, 3.63) is 129 Å². The molecule has 21 heteroatoms. The summed E-state index contributed by atoms with van der Waals surface area (Å²) in [5.74, 6) is -2.94. The Bertz CT molecular complexity index is 2790. The van der Waals surface area contributed by atoms with Crippen molar-refractivity contribution >= 4 is 127 Å². The smallest absolute Gasteiger partial charge is 0.258 e. The summed E-state index contributed by atoms with van der Waals surface area (Å²) in [7, 11) is 2.91.